The molecular weight excluding hydrogens is 198 g/mol. The van der Waals surface area contributed by atoms with E-state index in [1.54, 1.807) is 6.92 Å². The van der Waals surface area contributed by atoms with Crippen LogP contribution in [0.2, 0.25) is 0 Å². The molecule has 1 atom stereocenters. The SMILES string of the molecule is C[C@@H](Cl)C(=O)NCCC1=CCCCC1. The van der Waals surface area contributed by atoms with Crippen molar-refractivity contribution in [3.05, 3.63) is 11.6 Å². The predicted octanol–water partition coefficient (Wildman–Crippen LogP) is 2.62. The number of carbonyl (C=O) groups excluding carboxylic acids is 1. The lowest BCUT2D eigenvalue weighted by molar-refractivity contribution is -0.120. The van der Waals surface area contributed by atoms with Crippen molar-refractivity contribution in [2.75, 3.05) is 6.54 Å². The van der Waals surface area contributed by atoms with Crippen LogP contribution in [0.3, 0.4) is 0 Å². The highest BCUT2D eigenvalue weighted by Gasteiger charge is 2.08. The first-order chi connectivity index (χ1) is 6.70. The highest BCUT2D eigenvalue weighted by Crippen LogP contribution is 2.19. The van der Waals surface area contributed by atoms with E-state index in [1.807, 2.05) is 0 Å². The summed E-state index contributed by atoms with van der Waals surface area (Å²) in [5.41, 5.74) is 1.48. The van der Waals surface area contributed by atoms with Gasteiger partial charge in [-0.1, -0.05) is 11.6 Å². The Morgan fingerprint density at radius 1 is 1.64 bits per heavy atom. The van der Waals surface area contributed by atoms with Crippen molar-refractivity contribution < 1.29 is 4.79 Å². The van der Waals surface area contributed by atoms with Gasteiger partial charge in [-0.25, -0.2) is 0 Å². The van der Waals surface area contributed by atoms with Gasteiger partial charge >= 0.3 is 0 Å². The number of allylic oxidation sites excluding steroid dienone is 1. The van der Waals surface area contributed by atoms with E-state index in [1.165, 1.54) is 31.3 Å². The lowest BCUT2D eigenvalue weighted by Gasteiger charge is -2.13. The van der Waals surface area contributed by atoms with Gasteiger partial charge in [0.15, 0.2) is 0 Å². The smallest absolute Gasteiger partial charge is 0.237 e. The minimum absolute atomic E-state index is 0.0666. The zero-order valence-electron chi connectivity index (χ0n) is 8.68. The molecule has 0 aromatic carbocycles. The molecule has 0 fully saturated rings. The topological polar surface area (TPSA) is 29.1 Å². The zero-order chi connectivity index (χ0) is 10.4. The van der Waals surface area contributed by atoms with Gasteiger partial charge < -0.3 is 5.32 Å². The molecule has 0 bridgehead atoms. The summed E-state index contributed by atoms with van der Waals surface area (Å²) >= 11 is 5.62. The number of nitrogens with one attached hydrogen (secondary N) is 1. The first-order valence-corrected chi connectivity index (χ1v) is 5.73. The van der Waals surface area contributed by atoms with Crippen LogP contribution >= 0.6 is 11.6 Å². The van der Waals surface area contributed by atoms with E-state index >= 15 is 0 Å². The molecule has 0 radical (unpaired) electrons. The van der Waals surface area contributed by atoms with E-state index in [9.17, 15) is 4.79 Å². The fourth-order valence-corrected chi connectivity index (χ4v) is 1.70. The van der Waals surface area contributed by atoms with E-state index in [-0.39, 0.29) is 5.91 Å². The maximum atomic E-state index is 11.1. The Hall–Kier alpha value is -0.500. The van der Waals surface area contributed by atoms with Crippen molar-refractivity contribution in [1.29, 1.82) is 0 Å². The van der Waals surface area contributed by atoms with Crippen LogP contribution in [0.25, 0.3) is 0 Å². The number of hydrogen-bond acceptors (Lipinski definition) is 1. The van der Waals surface area contributed by atoms with Crippen LogP contribution in [0.4, 0.5) is 0 Å². The summed E-state index contributed by atoms with van der Waals surface area (Å²) in [6.07, 6.45) is 8.30. The lowest BCUT2D eigenvalue weighted by atomic mass is 9.97. The molecular formula is C11H18ClNO. The molecule has 0 heterocycles. The highest BCUT2D eigenvalue weighted by atomic mass is 35.5. The summed E-state index contributed by atoms with van der Waals surface area (Å²) in [5.74, 6) is -0.0666. The second-order valence-electron chi connectivity index (χ2n) is 3.77. The quantitative estimate of drug-likeness (QED) is 0.567. The Morgan fingerprint density at radius 2 is 2.43 bits per heavy atom. The zero-order valence-corrected chi connectivity index (χ0v) is 9.44. The fraction of sp³-hybridized carbons (Fsp3) is 0.727. The fourth-order valence-electron chi connectivity index (χ4n) is 1.62. The van der Waals surface area contributed by atoms with Crippen LogP contribution in [0.1, 0.15) is 39.0 Å². The minimum Gasteiger partial charge on any atom is -0.355 e. The third kappa shape index (κ3) is 4.14. The van der Waals surface area contributed by atoms with Crippen molar-refractivity contribution >= 4 is 17.5 Å². The summed E-state index contributed by atoms with van der Waals surface area (Å²) in [7, 11) is 0. The molecule has 0 saturated carbocycles. The first-order valence-electron chi connectivity index (χ1n) is 5.30. The van der Waals surface area contributed by atoms with Crippen molar-refractivity contribution in [3.8, 4) is 0 Å². The Bertz CT molecular complexity index is 223. The van der Waals surface area contributed by atoms with Crippen molar-refractivity contribution in [1.82, 2.24) is 5.32 Å². The van der Waals surface area contributed by atoms with Crippen LogP contribution in [-0.4, -0.2) is 17.8 Å². The summed E-state index contributed by atoms with van der Waals surface area (Å²) in [6.45, 7) is 2.42. The molecule has 1 rings (SSSR count). The molecule has 0 saturated heterocycles. The van der Waals surface area contributed by atoms with Crippen molar-refractivity contribution in [2.24, 2.45) is 0 Å². The number of hydrogen-bond donors (Lipinski definition) is 1. The summed E-state index contributed by atoms with van der Waals surface area (Å²) < 4.78 is 0. The Morgan fingerprint density at radius 3 is 3.00 bits per heavy atom. The van der Waals surface area contributed by atoms with Gasteiger partial charge in [0.25, 0.3) is 0 Å². The largest absolute Gasteiger partial charge is 0.355 e. The van der Waals surface area contributed by atoms with Gasteiger partial charge in [-0.15, -0.1) is 11.6 Å². The molecule has 80 valence electrons. The minimum atomic E-state index is -0.421. The third-order valence-corrected chi connectivity index (χ3v) is 2.69. The second kappa shape index (κ2) is 6.07. The van der Waals surface area contributed by atoms with Gasteiger partial charge in [-0.3, -0.25) is 4.79 Å². The van der Waals surface area contributed by atoms with Gasteiger partial charge in [0.05, 0.1) is 0 Å². The van der Waals surface area contributed by atoms with Crippen molar-refractivity contribution in [3.63, 3.8) is 0 Å². The Labute approximate surface area is 90.7 Å². The molecule has 0 aliphatic heterocycles. The third-order valence-electron chi connectivity index (χ3n) is 2.49. The van der Waals surface area contributed by atoms with Crippen LogP contribution in [0, 0.1) is 0 Å². The summed E-state index contributed by atoms with van der Waals surface area (Å²) in [4.78, 5) is 11.1. The molecule has 0 spiro atoms. The van der Waals surface area contributed by atoms with Gasteiger partial charge in [-0.2, -0.15) is 0 Å². The number of rotatable bonds is 4. The van der Waals surface area contributed by atoms with E-state index in [4.69, 9.17) is 11.6 Å². The van der Waals surface area contributed by atoms with E-state index < -0.39 is 5.38 Å². The first kappa shape index (κ1) is 11.6. The molecule has 14 heavy (non-hydrogen) atoms. The number of carbonyl (C=O) groups is 1. The monoisotopic (exact) mass is 215 g/mol. The molecule has 0 unspecified atom stereocenters. The van der Waals surface area contributed by atoms with Crippen LogP contribution in [0.15, 0.2) is 11.6 Å². The lowest BCUT2D eigenvalue weighted by Crippen LogP contribution is -2.30. The van der Waals surface area contributed by atoms with Gasteiger partial charge in [0.1, 0.15) is 5.38 Å². The van der Waals surface area contributed by atoms with Crippen LogP contribution < -0.4 is 5.32 Å². The molecule has 0 aromatic rings. The maximum Gasteiger partial charge on any atom is 0.237 e. The summed E-state index contributed by atoms with van der Waals surface area (Å²) in [6, 6.07) is 0. The predicted molar refractivity (Wildman–Crippen MR) is 59.5 cm³/mol. The maximum absolute atomic E-state index is 11.1. The molecule has 1 N–H and O–H groups in total. The van der Waals surface area contributed by atoms with E-state index in [0.29, 0.717) is 0 Å². The average Bonchev–Trinajstić information content (AvgIpc) is 2.19. The van der Waals surface area contributed by atoms with Gasteiger partial charge in [-0.05, 0) is 39.0 Å². The number of halogens is 1. The molecule has 1 amide bonds. The molecule has 3 heteroatoms. The molecule has 1 aliphatic rings. The van der Waals surface area contributed by atoms with Crippen LogP contribution in [0.5, 0.6) is 0 Å². The summed E-state index contributed by atoms with van der Waals surface area (Å²) in [5, 5.41) is 2.40. The van der Waals surface area contributed by atoms with E-state index in [0.717, 1.165) is 13.0 Å². The Balaban J connectivity index is 2.14. The van der Waals surface area contributed by atoms with E-state index in [2.05, 4.69) is 11.4 Å². The van der Waals surface area contributed by atoms with Crippen molar-refractivity contribution in [2.45, 2.75) is 44.4 Å². The van der Waals surface area contributed by atoms with Gasteiger partial charge in [0, 0.05) is 6.54 Å². The number of amides is 1. The highest BCUT2D eigenvalue weighted by molar-refractivity contribution is 6.30. The average molecular weight is 216 g/mol. The van der Waals surface area contributed by atoms with Gasteiger partial charge in [0.2, 0.25) is 5.91 Å². The standard InChI is InChI=1S/C11H18ClNO/c1-9(12)11(14)13-8-7-10-5-3-2-4-6-10/h5,9H,2-4,6-8H2,1H3,(H,13,14)/t9-/m1/s1. The van der Waals surface area contributed by atoms with Crippen LogP contribution in [-0.2, 0) is 4.79 Å². The Kier molecular flexibility index (Phi) is 5.02. The molecule has 1 aliphatic carbocycles. The normalized spacial score (nSPS) is 18.6. The second-order valence-corrected chi connectivity index (χ2v) is 4.42. The molecule has 2 nitrogen and oxygen atoms in total. The molecule has 0 aromatic heterocycles. The number of alkyl halides is 1.